The molecule has 0 amide bonds. The molecule has 1 nitrogen and oxygen atoms in total. The summed E-state index contributed by atoms with van der Waals surface area (Å²) in [5, 5.41) is 11.1. The second kappa shape index (κ2) is 7.75. The molecule has 0 saturated heterocycles. The van der Waals surface area contributed by atoms with Crippen molar-refractivity contribution in [1.29, 1.82) is 0 Å². The molecule has 1 N–H and O–H groups in total. The zero-order chi connectivity index (χ0) is 14.4. The van der Waals surface area contributed by atoms with Gasteiger partial charge >= 0.3 is 0 Å². The van der Waals surface area contributed by atoms with Crippen molar-refractivity contribution in [3.63, 3.8) is 0 Å². The molecule has 3 heteroatoms. The van der Waals surface area contributed by atoms with E-state index in [1.165, 1.54) is 44.2 Å². The molecule has 0 fully saturated rings. The Labute approximate surface area is 124 Å². The molecule has 0 bridgehead atoms. The molecule has 1 heterocycles. The van der Waals surface area contributed by atoms with Crippen molar-refractivity contribution in [2.45, 2.75) is 58.0 Å². The van der Waals surface area contributed by atoms with Gasteiger partial charge in [0.2, 0.25) is 0 Å². The van der Waals surface area contributed by atoms with Gasteiger partial charge in [0, 0.05) is 9.58 Å². The molecule has 0 saturated carbocycles. The molecule has 110 valence electrons. The minimum absolute atomic E-state index is 0.215. The van der Waals surface area contributed by atoms with Crippen molar-refractivity contribution in [3.05, 3.63) is 35.0 Å². The van der Waals surface area contributed by atoms with Gasteiger partial charge < -0.3 is 5.11 Å². The maximum atomic E-state index is 13.1. The summed E-state index contributed by atoms with van der Waals surface area (Å²) in [6.07, 6.45) is 7.80. The number of benzene rings is 1. The van der Waals surface area contributed by atoms with E-state index < -0.39 is 6.10 Å². The van der Waals surface area contributed by atoms with Crippen molar-refractivity contribution in [3.8, 4) is 0 Å². The lowest BCUT2D eigenvalue weighted by molar-refractivity contribution is 0.167. The monoisotopic (exact) mass is 294 g/mol. The molecule has 0 spiro atoms. The Morgan fingerprint density at radius 2 is 1.85 bits per heavy atom. The number of unbranched alkanes of at least 4 members (excludes halogenated alkanes) is 5. The first-order chi connectivity index (χ1) is 9.70. The van der Waals surface area contributed by atoms with Crippen molar-refractivity contribution in [1.82, 2.24) is 0 Å². The van der Waals surface area contributed by atoms with E-state index in [0.717, 1.165) is 27.8 Å². The third-order valence-corrected chi connectivity index (χ3v) is 4.87. The van der Waals surface area contributed by atoms with Crippen molar-refractivity contribution >= 4 is 21.4 Å². The number of hydrogen-bond donors (Lipinski definition) is 1. The SMILES string of the molecule is CCCCCCCCC(O)c1cc2cc(F)ccc2s1. The molecule has 0 aliphatic carbocycles. The Kier molecular flexibility index (Phi) is 5.99. The molecule has 1 aromatic heterocycles. The summed E-state index contributed by atoms with van der Waals surface area (Å²) in [5.74, 6) is -0.215. The highest BCUT2D eigenvalue weighted by atomic mass is 32.1. The molecule has 0 aliphatic heterocycles. The Hall–Kier alpha value is -0.930. The summed E-state index contributed by atoms with van der Waals surface area (Å²) in [4.78, 5) is 0.958. The van der Waals surface area contributed by atoms with E-state index in [0.29, 0.717) is 0 Å². The van der Waals surface area contributed by atoms with E-state index in [4.69, 9.17) is 0 Å². The van der Waals surface area contributed by atoms with Crippen LogP contribution >= 0.6 is 11.3 Å². The van der Waals surface area contributed by atoms with Crippen LogP contribution in [0.3, 0.4) is 0 Å². The number of thiophene rings is 1. The van der Waals surface area contributed by atoms with E-state index in [-0.39, 0.29) is 5.82 Å². The van der Waals surface area contributed by atoms with Gasteiger partial charge in [0.1, 0.15) is 5.82 Å². The average molecular weight is 294 g/mol. The fraction of sp³-hybridized carbons (Fsp3) is 0.529. The molecule has 20 heavy (non-hydrogen) atoms. The number of rotatable bonds is 8. The molecule has 1 aromatic carbocycles. The predicted molar refractivity (Wildman–Crippen MR) is 84.7 cm³/mol. The van der Waals surface area contributed by atoms with Gasteiger partial charge in [-0.2, -0.15) is 0 Å². The zero-order valence-corrected chi connectivity index (χ0v) is 12.9. The Morgan fingerprint density at radius 1 is 1.10 bits per heavy atom. The van der Waals surface area contributed by atoms with Crippen LogP contribution in [0.5, 0.6) is 0 Å². The quantitative estimate of drug-likeness (QED) is 0.608. The van der Waals surface area contributed by atoms with Crippen molar-refractivity contribution in [2.24, 2.45) is 0 Å². The molecule has 0 radical (unpaired) electrons. The number of hydrogen-bond acceptors (Lipinski definition) is 2. The van der Waals surface area contributed by atoms with Crippen LogP contribution in [0.1, 0.15) is 62.9 Å². The first kappa shape index (κ1) is 15.5. The standard InChI is InChI=1S/C17H23FOS/c1-2-3-4-5-6-7-8-15(19)17-12-13-11-14(18)9-10-16(13)20-17/h9-12,15,19H,2-8H2,1H3. The minimum atomic E-state index is -0.401. The fourth-order valence-electron chi connectivity index (χ4n) is 2.46. The van der Waals surface area contributed by atoms with Crippen LogP contribution in [0.2, 0.25) is 0 Å². The fourth-order valence-corrected chi connectivity index (χ4v) is 3.52. The maximum absolute atomic E-state index is 13.1. The van der Waals surface area contributed by atoms with Gasteiger partial charge in [-0.05, 0) is 36.1 Å². The highest BCUT2D eigenvalue weighted by molar-refractivity contribution is 7.19. The smallest absolute Gasteiger partial charge is 0.123 e. The lowest BCUT2D eigenvalue weighted by Gasteiger charge is -2.07. The number of halogens is 1. The molecule has 1 unspecified atom stereocenters. The van der Waals surface area contributed by atoms with E-state index in [2.05, 4.69) is 6.92 Å². The summed E-state index contributed by atoms with van der Waals surface area (Å²) in [5.41, 5.74) is 0. The Morgan fingerprint density at radius 3 is 2.65 bits per heavy atom. The van der Waals surface area contributed by atoms with Crippen LogP contribution < -0.4 is 0 Å². The first-order valence-corrected chi connectivity index (χ1v) is 8.39. The minimum Gasteiger partial charge on any atom is -0.388 e. The van der Waals surface area contributed by atoms with Crippen LogP contribution in [0, 0.1) is 5.82 Å². The van der Waals surface area contributed by atoms with Crippen LogP contribution in [-0.4, -0.2) is 5.11 Å². The number of fused-ring (bicyclic) bond motifs is 1. The molecule has 2 rings (SSSR count). The van der Waals surface area contributed by atoms with Gasteiger partial charge in [0.15, 0.2) is 0 Å². The maximum Gasteiger partial charge on any atom is 0.123 e. The van der Waals surface area contributed by atoms with Crippen LogP contribution in [0.4, 0.5) is 4.39 Å². The van der Waals surface area contributed by atoms with Crippen LogP contribution in [0.25, 0.3) is 10.1 Å². The van der Waals surface area contributed by atoms with Crippen molar-refractivity contribution in [2.75, 3.05) is 0 Å². The first-order valence-electron chi connectivity index (χ1n) is 7.57. The normalized spacial score (nSPS) is 12.9. The molecular weight excluding hydrogens is 271 g/mol. The topological polar surface area (TPSA) is 20.2 Å². The predicted octanol–water partition coefficient (Wildman–Crippen LogP) is 5.82. The van der Waals surface area contributed by atoms with Crippen LogP contribution in [0.15, 0.2) is 24.3 Å². The highest BCUT2D eigenvalue weighted by Gasteiger charge is 2.11. The van der Waals surface area contributed by atoms with Gasteiger partial charge in [-0.3, -0.25) is 0 Å². The lowest BCUT2D eigenvalue weighted by atomic mass is 10.1. The summed E-state index contributed by atoms with van der Waals surface area (Å²) in [7, 11) is 0. The van der Waals surface area contributed by atoms with E-state index in [1.807, 2.05) is 6.07 Å². The average Bonchev–Trinajstić information content (AvgIpc) is 2.85. The summed E-state index contributed by atoms with van der Waals surface area (Å²) >= 11 is 1.57. The molecule has 1 atom stereocenters. The molecule has 2 aromatic rings. The highest BCUT2D eigenvalue weighted by Crippen LogP contribution is 2.32. The van der Waals surface area contributed by atoms with Crippen molar-refractivity contribution < 1.29 is 9.50 Å². The Bertz CT molecular complexity index is 535. The summed E-state index contributed by atoms with van der Waals surface area (Å²) in [6, 6.07) is 6.72. The third-order valence-electron chi connectivity index (χ3n) is 3.66. The van der Waals surface area contributed by atoms with Gasteiger partial charge in [-0.25, -0.2) is 4.39 Å². The van der Waals surface area contributed by atoms with Crippen LogP contribution in [-0.2, 0) is 0 Å². The van der Waals surface area contributed by atoms with Gasteiger partial charge in [0.05, 0.1) is 6.10 Å². The Balaban J connectivity index is 1.83. The van der Waals surface area contributed by atoms with Gasteiger partial charge in [-0.1, -0.05) is 45.4 Å². The second-order valence-electron chi connectivity index (χ2n) is 5.40. The molecular formula is C17H23FOS. The molecule has 0 aliphatic rings. The lowest BCUT2D eigenvalue weighted by Crippen LogP contribution is -1.94. The van der Waals surface area contributed by atoms with E-state index in [1.54, 1.807) is 17.4 Å². The van der Waals surface area contributed by atoms with E-state index in [9.17, 15) is 9.50 Å². The van der Waals surface area contributed by atoms with Gasteiger partial charge in [-0.15, -0.1) is 11.3 Å². The number of aliphatic hydroxyl groups excluding tert-OH is 1. The van der Waals surface area contributed by atoms with E-state index >= 15 is 0 Å². The second-order valence-corrected chi connectivity index (χ2v) is 6.52. The largest absolute Gasteiger partial charge is 0.388 e. The summed E-state index contributed by atoms with van der Waals surface area (Å²) < 4.78 is 14.2. The number of aliphatic hydroxyl groups is 1. The summed E-state index contributed by atoms with van der Waals surface area (Å²) in [6.45, 7) is 2.22. The third kappa shape index (κ3) is 4.29. The zero-order valence-electron chi connectivity index (χ0n) is 12.1. The van der Waals surface area contributed by atoms with Gasteiger partial charge in [0.25, 0.3) is 0 Å².